The van der Waals surface area contributed by atoms with Gasteiger partial charge in [0.2, 0.25) is 5.91 Å². The van der Waals surface area contributed by atoms with E-state index < -0.39 is 27.0 Å². The Morgan fingerprint density at radius 1 is 1.26 bits per heavy atom. The van der Waals surface area contributed by atoms with Crippen LogP contribution >= 0.6 is 24.0 Å². The first kappa shape index (κ1) is 25.6. The maximum absolute atomic E-state index is 13.6. The van der Waals surface area contributed by atoms with Crippen molar-refractivity contribution in [2.24, 2.45) is 16.1 Å². The number of carbonyl (C=O) groups excluding carboxylic acids is 1. The number of sulfone groups is 1. The number of benzene rings is 1. The summed E-state index contributed by atoms with van der Waals surface area (Å²) in [4.78, 5) is 15.8. The number of guanidine groups is 1. The van der Waals surface area contributed by atoms with Gasteiger partial charge >= 0.3 is 0 Å². The molecule has 0 heterocycles. The van der Waals surface area contributed by atoms with Crippen molar-refractivity contribution in [2.75, 3.05) is 19.3 Å². The fourth-order valence-electron chi connectivity index (χ4n) is 2.06. The largest absolute Gasteiger partial charge is 0.369 e. The molecule has 1 amide bonds. The maximum Gasteiger partial charge on any atom is 0.224 e. The molecule has 154 valence electrons. The second-order valence-corrected chi connectivity index (χ2v) is 8.92. The topological polar surface area (TPSA) is 114 Å². The van der Waals surface area contributed by atoms with Crippen molar-refractivity contribution >= 4 is 45.7 Å². The number of hydrogen-bond donors (Lipinski definition) is 3. The molecule has 0 bridgehead atoms. The highest BCUT2D eigenvalue weighted by Gasteiger charge is 2.25. The van der Waals surface area contributed by atoms with Gasteiger partial charge in [-0.3, -0.25) is 4.79 Å². The molecule has 0 atom stereocenters. The average molecular weight is 514 g/mol. The van der Waals surface area contributed by atoms with Gasteiger partial charge in [-0.15, -0.1) is 24.0 Å². The molecule has 0 saturated heterocycles. The Morgan fingerprint density at radius 2 is 1.89 bits per heavy atom. The van der Waals surface area contributed by atoms with Crippen LogP contribution in [0.15, 0.2) is 23.2 Å². The normalized spacial score (nSPS) is 12.3. The molecule has 1 rings (SSSR count). The number of hydrogen-bond acceptors (Lipinski definition) is 4. The SMILES string of the molecule is CCNC(=NCc1cc(F)ccc1CS(C)(=O)=O)NCC(C)(C)C(N)=O.I. The van der Waals surface area contributed by atoms with Gasteiger partial charge in [0, 0.05) is 19.3 Å². The van der Waals surface area contributed by atoms with Crippen LogP contribution < -0.4 is 16.4 Å². The average Bonchev–Trinajstić information content (AvgIpc) is 2.51. The second kappa shape index (κ2) is 10.8. The standard InChI is InChI=1S/C17H27FN4O3S.HI/c1-5-20-16(22-11-17(2,3)15(19)23)21-9-13-8-14(18)7-6-12(13)10-26(4,24)25;/h6-8H,5,9-11H2,1-4H3,(H2,19,23)(H2,20,21,22);1H. The van der Waals surface area contributed by atoms with Crippen LogP contribution in [0.5, 0.6) is 0 Å². The molecule has 0 aromatic heterocycles. The molecule has 0 fully saturated rings. The Labute approximate surface area is 177 Å². The molecule has 1 aromatic rings. The lowest BCUT2D eigenvalue weighted by Gasteiger charge is -2.22. The van der Waals surface area contributed by atoms with Gasteiger partial charge < -0.3 is 16.4 Å². The van der Waals surface area contributed by atoms with E-state index in [1.54, 1.807) is 13.8 Å². The molecule has 0 radical (unpaired) electrons. The summed E-state index contributed by atoms with van der Waals surface area (Å²) in [6.07, 6.45) is 1.13. The van der Waals surface area contributed by atoms with Crippen LogP contribution in [0.3, 0.4) is 0 Å². The third kappa shape index (κ3) is 9.36. The number of carbonyl (C=O) groups is 1. The lowest BCUT2D eigenvalue weighted by Crippen LogP contribution is -2.46. The predicted octanol–water partition coefficient (Wildman–Crippen LogP) is 1.55. The van der Waals surface area contributed by atoms with E-state index in [1.807, 2.05) is 6.92 Å². The minimum absolute atomic E-state index is 0. The summed E-state index contributed by atoms with van der Waals surface area (Å²) in [6, 6.07) is 3.96. The summed E-state index contributed by atoms with van der Waals surface area (Å²) in [5.41, 5.74) is 5.58. The van der Waals surface area contributed by atoms with Crippen LogP contribution in [0.1, 0.15) is 31.9 Å². The van der Waals surface area contributed by atoms with Gasteiger partial charge in [0.05, 0.1) is 17.7 Å². The van der Waals surface area contributed by atoms with E-state index in [-0.39, 0.29) is 42.8 Å². The summed E-state index contributed by atoms with van der Waals surface area (Å²) in [5, 5.41) is 6.04. The van der Waals surface area contributed by atoms with E-state index in [1.165, 1.54) is 18.2 Å². The first-order chi connectivity index (χ1) is 11.9. The highest BCUT2D eigenvalue weighted by molar-refractivity contribution is 14.0. The smallest absolute Gasteiger partial charge is 0.224 e. The van der Waals surface area contributed by atoms with Gasteiger partial charge in [0.1, 0.15) is 5.82 Å². The van der Waals surface area contributed by atoms with Gasteiger partial charge in [-0.1, -0.05) is 6.07 Å². The van der Waals surface area contributed by atoms with Crippen molar-refractivity contribution in [1.82, 2.24) is 10.6 Å². The summed E-state index contributed by atoms with van der Waals surface area (Å²) < 4.78 is 36.7. The van der Waals surface area contributed by atoms with Crippen LogP contribution in [0.25, 0.3) is 0 Å². The van der Waals surface area contributed by atoms with E-state index in [0.29, 0.717) is 23.6 Å². The molecule has 4 N–H and O–H groups in total. The first-order valence-electron chi connectivity index (χ1n) is 8.21. The van der Waals surface area contributed by atoms with Crippen LogP contribution in [-0.4, -0.2) is 39.6 Å². The minimum Gasteiger partial charge on any atom is -0.369 e. The van der Waals surface area contributed by atoms with Gasteiger partial charge in [-0.2, -0.15) is 0 Å². The van der Waals surface area contributed by atoms with Crippen molar-refractivity contribution in [3.8, 4) is 0 Å². The number of primary amides is 1. The van der Waals surface area contributed by atoms with Crippen molar-refractivity contribution in [1.29, 1.82) is 0 Å². The van der Waals surface area contributed by atoms with E-state index in [4.69, 9.17) is 5.73 Å². The van der Waals surface area contributed by atoms with Gasteiger partial charge in [-0.05, 0) is 44.0 Å². The molecule has 27 heavy (non-hydrogen) atoms. The van der Waals surface area contributed by atoms with E-state index in [0.717, 1.165) is 6.26 Å². The fourth-order valence-corrected chi connectivity index (χ4v) is 2.91. The minimum atomic E-state index is -3.25. The highest BCUT2D eigenvalue weighted by Crippen LogP contribution is 2.16. The Bertz CT molecular complexity index is 782. The number of nitrogens with one attached hydrogen (secondary N) is 2. The maximum atomic E-state index is 13.6. The number of aliphatic imine (C=N–C) groups is 1. The molecule has 10 heteroatoms. The quantitative estimate of drug-likeness (QED) is 0.277. The molecule has 7 nitrogen and oxygen atoms in total. The predicted molar refractivity (Wildman–Crippen MR) is 116 cm³/mol. The van der Waals surface area contributed by atoms with Gasteiger partial charge in [0.15, 0.2) is 15.8 Å². The molecular formula is C17H28FIN4O3S. The lowest BCUT2D eigenvalue weighted by molar-refractivity contribution is -0.125. The van der Waals surface area contributed by atoms with Crippen LogP contribution in [0.4, 0.5) is 4.39 Å². The third-order valence-electron chi connectivity index (χ3n) is 3.70. The van der Waals surface area contributed by atoms with E-state index in [9.17, 15) is 17.6 Å². The molecule has 1 aromatic carbocycles. The van der Waals surface area contributed by atoms with Crippen LogP contribution in [-0.2, 0) is 26.9 Å². The number of nitrogens with two attached hydrogens (primary N) is 1. The number of halogens is 2. The van der Waals surface area contributed by atoms with E-state index >= 15 is 0 Å². The number of nitrogens with zero attached hydrogens (tertiary/aromatic N) is 1. The van der Waals surface area contributed by atoms with Crippen molar-refractivity contribution in [3.63, 3.8) is 0 Å². The van der Waals surface area contributed by atoms with Crippen LogP contribution in [0, 0.1) is 11.2 Å². The zero-order chi connectivity index (χ0) is 20.0. The summed E-state index contributed by atoms with van der Waals surface area (Å²) in [5.74, 6) is -0.658. The summed E-state index contributed by atoms with van der Waals surface area (Å²) >= 11 is 0. The lowest BCUT2D eigenvalue weighted by atomic mass is 9.93. The first-order valence-corrected chi connectivity index (χ1v) is 10.3. The molecule has 0 aliphatic heterocycles. The van der Waals surface area contributed by atoms with Crippen molar-refractivity contribution in [3.05, 3.63) is 35.1 Å². The molecule has 0 aliphatic rings. The molecular weight excluding hydrogens is 486 g/mol. The zero-order valence-corrected chi connectivity index (χ0v) is 19.2. The Kier molecular flexibility index (Phi) is 10.2. The highest BCUT2D eigenvalue weighted by atomic mass is 127. The van der Waals surface area contributed by atoms with Crippen LogP contribution in [0.2, 0.25) is 0 Å². The summed E-state index contributed by atoms with van der Waals surface area (Å²) in [7, 11) is -3.25. The molecule has 0 aliphatic carbocycles. The van der Waals surface area contributed by atoms with Crippen molar-refractivity contribution in [2.45, 2.75) is 33.1 Å². The Balaban J connectivity index is 0.00000676. The van der Waals surface area contributed by atoms with Crippen molar-refractivity contribution < 1.29 is 17.6 Å². The Hall–Kier alpha value is -1.43. The Morgan fingerprint density at radius 3 is 2.41 bits per heavy atom. The fraction of sp³-hybridized carbons (Fsp3) is 0.529. The third-order valence-corrected chi connectivity index (χ3v) is 4.54. The summed E-state index contributed by atoms with van der Waals surface area (Å²) in [6.45, 7) is 6.25. The molecule has 0 saturated carbocycles. The number of rotatable bonds is 8. The second-order valence-electron chi connectivity index (χ2n) is 6.78. The zero-order valence-electron chi connectivity index (χ0n) is 16.0. The number of amides is 1. The monoisotopic (exact) mass is 514 g/mol. The molecule has 0 spiro atoms. The van der Waals surface area contributed by atoms with E-state index in [2.05, 4.69) is 15.6 Å². The van der Waals surface area contributed by atoms with Gasteiger partial charge in [0.25, 0.3) is 0 Å². The van der Waals surface area contributed by atoms with Gasteiger partial charge in [-0.25, -0.2) is 17.8 Å². The molecule has 0 unspecified atom stereocenters.